The summed E-state index contributed by atoms with van der Waals surface area (Å²) in [5.41, 5.74) is 2.62. The molecule has 0 aliphatic rings. The Labute approximate surface area is 163 Å². The number of carbonyl (C=O) groups is 2. The van der Waals surface area contributed by atoms with Gasteiger partial charge in [0.15, 0.2) is 0 Å². The second-order valence-electron chi connectivity index (χ2n) is 6.21. The first-order valence-corrected chi connectivity index (χ1v) is 8.85. The number of benzene rings is 3. The summed E-state index contributed by atoms with van der Waals surface area (Å²) >= 11 is 0. The van der Waals surface area contributed by atoms with Crippen molar-refractivity contribution in [2.45, 2.75) is 12.6 Å². The summed E-state index contributed by atoms with van der Waals surface area (Å²) in [7, 11) is 0. The molecule has 1 atom stereocenters. The SMILES string of the molecule is N#Cc1ccc(CNC(=O)C(NC(=O)c2ccccc2)c2ccccc2)cc1. The third kappa shape index (κ3) is 4.83. The fourth-order valence-electron chi connectivity index (χ4n) is 2.74. The van der Waals surface area contributed by atoms with Gasteiger partial charge in [-0.15, -0.1) is 0 Å². The predicted molar refractivity (Wildman–Crippen MR) is 106 cm³/mol. The molecular formula is C23H19N3O2. The van der Waals surface area contributed by atoms with Gasteiger partial charge in [0.1, 0.15) is 6.04 Å². The van der Waals surface area contributed by atoms with Gasteiger partial charge in [-0.2, -0.15) is 5.26 Å². The maximum absolute atomic E-state index is 12.8. The van der Waals surface area contributed by atoms with Crippen molar-refractivity contribution in [2.24, 2.45) is 0 Å². The van der Waals surface area contributed by atoms with Crippen molar-refractivity contribution in [3.63, 3.8) is 0 Å². The van der Waals surface area contributed by atoms with E-state index in [9.17, 15) is 9.59 Å². The molecule has 0 bridgehead atoms. The van der Waals surface area contributed by atoms with E-state index in [1.807, 2.05) is 24.3 Å². The van der Waals surface area contributed by atoms with E-state index < -0.39 is 6.04 Å². The van der Waals surface area contributed by atoms with Crippen molar-refractivity contribution in [2.75, 3.05) is 0 Å². The zero-order valence-electron chi connectivity index (χ0n) is 15.1. The van der Waals surface area contributed by atoms with E-state index in [4.69, 9.17) is 5.26 Å². The van der Waals surface area contributed by atoms with E-state index in [0.717, 1.165) is 5.56 Å². The van der Waals surface area contributed by atoms with E-state index in [1.165, 1.54) is 0 Å². The summed E-state index contributed by atoms with van der Waals surface area (Å²) < 4.78 is 0. The Morgan fingerprint density at radius 3 is 2.07 bits per heavy atom. The minimum Gasteiger partial charge on any atom is -0.350 e. The molecule has 0 radical (unpaired) electrons. The standard InChI is InChI=1S/C23H19N3O2/c24-15-17-11-13-18(14-12-17)16-25-23(28)21(19-7-3-1-4-8-19)26-22(27)20-9-5-2-6-10-20/h1-14,21H,16H2,(H,25,28)(H,26,27). The molecular weight excluding hydrogens is 350 g/mol. The normalized spacial score (nSPS) is 11.1. The zero-order valence-corrected chi connectivity index (χ0v) is 15.1. The third-order valence-corrected chi connectivity index (χ3v) is 4.26. The molecule has 2 amide bonds. The molecule has 1 unspecified atom stereocenters. The molecule has 3 aromatic carbocycles. The maximum Gasteiger partial charge on any atom is 0.252 e. The summed E-state index contributed by atoms with van der Waals surface area (Å²) in [5.74, 6) is -0.622. The Bertz CT molecular complexity index is 978. The van der Waals surface area contributed by atoms with Crippen LogP contribution in [0.2, 0.25) is 0 Å². The lowest BCUT2D eigenvalue weighted by Crippen LogP contribution is -2.40. The number of carbonyl (C=O) groups excluding carboxylic acids is 2. The lowest BCUT2D eigenvalue weighted by molar-refractivity contribution is -0.123. The Morgan fingerprint density at radius 2 is 1.46 bits per heavy atom. The van der Waals surface area contributed by atoms with Gasteiger partial charge in [-0.25, -0.2) is 0 Å². The topological polar surface area (TPSA) is 82.0 Å². The largest absolute Gasteiger partial charge is 0.350 e. The lowest BCUT2D eigenvalue weighted by atomic mass is 10.0. The van der Waals surface area contributed by atoms with Crippen LogP contribution in [0.3, 0.4) is 0 Å². The van der Waals surface area contributed by atoms with Crippen molar-refractivity contribution in [3.05, 3.63) is 107 Å². The van der Waals surface area contributed by atoms with Gasteiger partial charge in [0, 0.05) is 12.1 Å². The van der Waals surface area contributed by atoms with E-state index in [-0.39, 0.29) is 11.8 Å². The molecule has 0 saturated heterocycles. The highest BCUT2D eigenvalue weighted by molar-refractivity contribution is 5.97. The number of nitrogens with one attached hydrogen (secondary N) is 2. The highest BCUT2D eigenvalue weighted by Crippen LogP contribution is 2.14. The molecule has 28 heavy (non-hydrogen) atoms. The number of rotatable bonds is 6. The molecule has 0 fully saturated rings. The second kappa shape index (κ2) is 9.15. The van der Waals surface area contributed by atoms with Crippen molar-refractivity contribution >= 4 is 11.8 Å². The van der Waals surface area contributed by atoms with Crippen LogP contribution in [0.4, 0.5) is 0 Å². The number of nitrogens with zero attached hydrogens (tertiary/aromatic N) is 1. The van der Waals surface area contributed by atoms with Crippen LogP contribution in [0.15, 0.2) is 84.9 Å². The number of nitriles is 1. The Hall–Kier alpha value is -3.91. The van der Waals surface area contributed by atoms with E-state index in [1.54, 1.807) is 60.7 Å². The zero-order chi connectivity index (χ0) is 19.8. The van der Waals surface area contributed by atoms with Crippen LogP contribution in [-0.4, -0.2) is 11.8 Å². The molecule has 3 aromatic rings. The minimum atomic E-state index is -0.813. The van der Waals surface area contributed by atoms with Gasteiger partial charge >= 0.3 is 0 Å². The molecule has 3 rings (SSSR count). The van der Waals surface area contributed by atoms with Crippen molar-refractivity contribution in [1.82, 2.24) is 10.6 Å². The van der Waals surface area contributed by atoms with Gasteiger partial charge in [-0.3, -0.25) is 9.59 Å². The Balaban J connectivity index is 1.73. The number of amides is 2. The van der Waals surface area contributed by atoms with Crippen LogP contribution in [0.25, 0.3) is 0 Å². The van der Waals surface area contributed by atoms with Crippen LogP contribution in [0, 0.1) is 11.3 Å². The smallest absolute Gasteiger partial charge is 0.252 e. The predicted octanol–water partition coefficient (Wildman–Crippen LogP) is 3.35. The average Bonchev–Trinajstić information content (AvgIpc) is 2.77. The fourth-order valence-corrected chi connectivity index (χ4v) is 2.74. The first-order chi connectivity index (χ1) is 13.7. The molecule has 0 saturated carbocycles. The first kappa shape index (κ1) is 18.9. The van der Waals surface area contributed by atoms with Crippen LogP contribution in [0.1, 0.15) is 33.1 Å². The van der Waals surface area contributed by atoms with Crippen molar-refractivity contribution in [3.8, 4) is 6.07 Å². The lowest BCUT2D eigenvalue weighted by Gasteiger charge is -2.19. The van der Waals surface area contributed by atoms with Crippen molar-refractivity contribution in [1.29, 1.82) is 5.26 Å². The third-order valence-electron chi connectivity index (χ3n) is 4.26. The minimum absolute atomic E-state index is 0.301. The van der Waals surface area contributed by atoms with Crippen LogP contribution >= 0.6 is 0 Å². The molecule has 0 spiro atoms. The molecule has 0 aliphatic carbocycles. The molecule has 5 heteroatoms. The van der Waals surface area contributed by atoms with Crippen molar-refractivity contribution < 1.29 is 9.59 Å². The monoisotopic (exact) mass is 369 g/mol. The fraction of sp³-hybridized carbons (Fsp3) is 0.0870. The summed E-state index contributed by atoms with van der Waals surface area (Å²) in [4.78, 5) is 25.4. The van der Waals surface area contributed by atoms with Gasteiger partial charge in [-0.05, 0) is 35.4 Å². The first-order valence-electron chi connectivity index (χ1n) is 8.85. The molecule has 0 heterocycles. The Morgan fingerprint density at radius 1 is 0.857 bits per heavy atom. The van der Waals surface area contributed by atoms with Gasteiger partial charge < -0.3 is 10.6 Å². The van der Waals surface area contributed by atoms with Gasteiger partial charge in [0.25, 0.3) is 5.91 Å². The summed E-state index contributed by atoms with van der Waals surface area (Å²) in [6.07, 6.45) is 0. The van der Waals surface area contributed by atoms with Gasteiger partial charge in [-0.1, -0.05) is 60.7 Å². The second-order valence-corrected chi connectivity index (χ2v) is 6.21. The van der Waals surface area contributed by atoms with E-state index >= 15 is 0 Å². The average molecular weight is 369 g/mol. The highest BCUT2D eigenvalue weighted by Gasteiger charge is 2.23. The Kier molecular flexibility index (Phi) is 6.17. The quantitative estimate of drug-likeness (QED) is 0.699. The van der Waals surface area contributed by atoms with E-state index in [0.29, 0.717) is 23.2 Å². The van der Waals surface area contributed by atoms with Gasteiger partial charge in [0.2, 0.25) is 5.91 Å². The van der Waals surface area contributed by atoms with Crippen LogP contribution < -0.4 is 10.6 Å². The summed E-state index contributed by atoms with van der Waals surface area (Å²) in [6.45, 7) is 0.301. The van der Waals surface area contributed by atoms with Crippen LogP contribution in [0.5, 0.6) is 0 Å². The number of hydrogen-bond donors (Lipinski definition) is 2. The summed E-state index contributed by atoms with van der Waals surface area (Å²) in [6, 6.07) is 26.1. The van der Waals surface area contributed by atoms with Gasteiger partial charge in [0.05, 0.1) is 11.6 Å². The molecule has 138 valence electrons. The molecule has 0 aromatic heterocycles. The highest BCUT2D eigenvalue weighted by atomic mass is 16.2. The maximum atomic E-state index is 12.8. The summed E-state index contributed by atoms with van der Waals surface area (Å²) in [5, 5.41) is 14.5. The molecule has 5 nitrogen and oxygen atoms in total. The molecule has 2 N–H and O–H groups in total. The van der Waals surface area contributed by atoms with E-state index in [2.05, 4.69) is 16.7 Å². The molecule has 0 aliphatic heterocycles. The van der Waals surface area contributed by atoms with Crippen LogP contribution in [-0.2, 0) is 11.3 Å². The number of hydrogen-bond acceptors (Lipinski definition) is 3.